The van der Waals surface area contributed by atoms with Crippen LogP contribution in [-0.2, 0) is 14.3 Å². The van der Waals surface area contributed by atoms with Gasteiger partial charge in [0.1, 0.15) is 4.32 Å². The minimum Gasteiger partial charge on any atom is -0.382 e. The number of nitrogens with zero attached hydrogens (tertiary/aromatic N) is 2. The molecule has 0 aliphatic carbocycles. The number of carbonyl (C=O) groups excluding carboxylic acids is 2. The second-order valence-electron chi connectivity index (χ2n) is 7.26. The van der Waals surface area contributed by atoms with Crippen LogP contribution in [0.5, 0.6) is 0 Å². The molecule has 0 aromatic heterocycles. The van der Waals surface area contributed by atoms with Gasteiger partial charge < -0.3 is 9.64 Å². The smallest absolute Gasteiger partial charge is 0.267 e. The molecule has 8 heteroatoms. The largest absolute Gasteiger partial charge is 0.382 e. The lowest BCUT2D eigenvalue weighted by Crippen LogP contribution is -2.31. The number of unbranched alkanes of at least 4 members (excludes halogenated alkanes) is 3. The number of benzene rings is 1. The highest BCUT2D eigenvalue weighted by molar-refractivity contribution is 9.10. The fourth-order valence-corrected chi connectivity index (χ4v) is 5.39. The second-order valence-corrected chi connectivity index (χ2v) is 9.82. The molecule has 0 unspecified atom stereocenters. The van der Waals surface area contributed by atoms with E-state index in [0.717, 1.165) is 41.4 Å². The highest BCUT2D eigenvalue weighted by Gasteiger charge is 2.41. The minimum atomic E-state index is -0.177. The Morgan fingerprint density at radius 1 is 1.03 bits per heavy atom. The van der Waals surface area contributed by atoms with E-state index in [9.17, 15) is 9.59 Å². The Balaban J connectivity index is 1.88. The van der Waals surface area contributed by atoms with Crippen molar-refractivity contribution < 1.29 is 14.3 Å². The first kappa shape index (κ1) is 23.4. The maximum atomic E-state index is 13.4. The molecule has 2 aliphatic rings. The number of carbonyl (C=O) groups is 2. The molecule has 1 saturated heterocycles. The maximum Gasteiger partial charge on any atom is 0.267 e. The molecular formula is C22H27BrN2O3S2. The third-order valence-electron chi connectivity index (χ3n) is 5.16. The van der Waals surface area contributed by atoms with Gasteiger partial charge in [0.15, 0.2) is 0 Å². The lowest BCUT2D eigenvalue weighted by molar-refractivity contribution is -0.122. The van der Waals surface area contributed by atoms with Crippen LogP contribution in [0.1, 0.15) is 51.5 Å². The molecule has 0 saturated carbocycles. The molecule has 0 atom stereocenters. The van der Waals surface area contributed by atoms with E-state index >= 15 is 0 Å². The van der Waals surface area contributed by atoms with Crippen molar-refractivity contribution in [3.05, 3.63) is 33.1 Å². The summed E-state index contributed by atoms with van der Waals surface area (Å²) in [5, 5.41) is 0. The van der Waals surface area contributed by atoms with Gasteiger partial charge in [-0.2, -0.15) is 0 Å². The minimum absolute atomic E-state index is 0.102. The Hall–Kier alpha value is -1.22. The van der Waals surface area contributed by atoms with Crippen molar-refractivity contribution in [2.45, 2.75) is 46.0 Å². The van der Waals surface area contributed by atoms with Crippen LogP contribution in [0.2, 0.25) is 0 Å². The maximum absolute atomic E-state index is 13.4. The molecule has 30 heavy (non-hydrogen) atoms. The van der Waals surface area contributed by atoms with Gasteiger partial charge in [0.2, 0.25) is 0 Å². The Bertz CT molecular complexity index is 872. The normalized spacial score (nSPS) is 18.7. The number of thiocarbonyl (C=S) groups is 1. The summed E-state index contributed by atoms with van der Waals surface area (Å²) in [6, 6.07) is 5.82. The number of ether oxygens (including phenoxy) is 1. The van der Waals surface area contributed by atoms with Gasteiger partial charge in [-0.3, -0.25) is 14.5 Å². The average molecular weight is 512 g/mol. The van der Waals surface area contributed by atoms with Gasteiger partial charge in [0.25, 0.3) is 11.8 Å². The van der Waals surface area contributed by atoms with E-state index in [1.807, 2.05) is 30.0 Å². The zero-order chi connectivity index (χ0) is 21.7. The third kappa shape index (κ3) is 4.98. The van der Waals surface area contributed by atoms with Crippen molar-refractivity contribution in [1.82, 2.24) is 4.90 Å². The van der Waals surface area contributed by atoms with Gasteiger partial charge in [-0.15, -0.1) is 0 Å². The van der Waals surface area contributed by atoms with Crippen molar-refractivity contribution in [2.75, 3.05) is 31.2 Å². The number of hydrogen-bond donors (Lipinski definition) is 0. The van der Waals surface area contributed by atoms with E-state index in [1.165, 1.54) is 11.8 Å². The van der Waals surface area contributed by atoms with Crippen molar-refractivity contribution in [1.29, 1.82) is 0 Å². The summed E-state index contributed by atoms with van der Waals surface area (Å²) in [7, 11) is 0. The van der Waals surface area contributed by atoms with Gasteiger partial charge >= 0.3 is 0 Å². The molecule has 0 N–H and O–H groups in total. The van der Waals surface area contributed by atoms with Crippen LogP contribution in [0.4, 0.5) is 5.69 Å². The van der Waals surface area contributed by atoms with Crippen LogP contribution < -0.4 is 4.90 Å². The van der Waals surface area contributed by atoms with Crippen molar-refractivity contribution in [3.63, 3.8) is 0 Å². The number of amides is 2. The quantitative estimate of drug-likeness (QED) is 0.240. The SMILES string of the molecule is CCCCCCN1C(=O)/C(=C2\SC(=S)N(CCCOCC)C2=O)c2cc(Br)ccc21. The molecular weight excluding hydrogens is 484 g/mol. The molecule has 2 aliphatic heterocycles. The molecule has 0 bridgehead atoms. The molecule has 0 spiro atoms. The number of thioether (sulfide) groups is 1. The summed E-state index contributed by atoms with van der Waals surface area (Å²) in [5.41, 5.74) is 2.16. The molecule has 0 radical (unpaired) electrons. The van der Waals surface area contributed by atoms with E-state index in [-0.39, 0.29) is 11.8 Å². The van der Waals surface area contributed by atoms with Crippen molar-refractivity contribution in [2.24, 2.45) is 0 Å². The summed E-state index contributed by atoms with van der Waals surface area (Å²) in [5.74, 6) is -0.280. The van der Waals surface area contributed by atoms with Gasteiger partial charge in [0.05, 0.1) is 16.2 Å². The lowest BCUT2D eigenvalue weighted by Gasteiger charge is -2.17. The molecule has 162 valence electrons. The molecule has 1 aromatic carbocycles. The van der Waals surface area contributed by atoms with Crippen LogP contribution in [0.15, 0.2) is 27.6 Å². The first-order valence-electron chi connectivity index (χ1n) is 10.5. The number of fused-ring (bicyclic) bond motifs is 1. The first-order chi connectivity index (χ1) is 14.5. The molecule has 1 fully saturated rings. The monoisotopic (exact) mass is 510 g/mol. The highest BCUT2D eigenvalue weighted by Crippen LogP contribution is 2.45. The van der Waals surface area contributed by atoms with Crippen LogP contribution in [0.3, 0.4) is 0 Å². The van der Waals surface area contributed by atoms with E-state index in [0.29, 0.717) is 47.5 Å². The highest BCUT2D eigenvalue weighted by atomic mass is 79.9. The number of rotatable bonds is 10. The molecule has 3 rings (SSSR count). The van der Waals surface area contributed by atoms with E-state index in [4.69, 9.17) is 17.0 Å². The van der Waals surface area contributed by atoms with Gasteiger partial charge in [-0.05, 0) is 38.0 Å². The summed E-state index contributed by atoms with van der Waals surface area (Å²) in [6.07, 6.45) is 5.05. The summed E-state index contributed by atoms with van der Waals surface area (Å²) in [4.78, 5) is 30.4. The summed E-state index contributed by atoms with van der Waals surface area (Å²) in [6.45, 7) is 6.51. The standard InChI is InChI=1S/C22H27BrN2O3S2/c1-3-5-6-7-11-24-17-10-9-15(23)14-16(17)18(20(24)26)19-21(27)25(22(29)30-19)12-8-13-28-4-2/h9-10,14H,3-8,11-13H2,1-2H3/b19-18-. The number of halogens is 1. The van der Waals surface area contributed by atoms with Crippen molar-refractivity contribution >= 4 is 67.3 Å². The topological polar surface area (TPSA) is 49.9 Å². The summed E-state index contributed by atoms with van der Waals surface area (Å²) < 4.78 is 6.76. The predicted octanol–water partition coefficient (Wildman–Crippen LogP) is 5.37. The Labute approximate surface area is 196 Å². The zero-order valence-electron chi connectivity index (χ0n) is 17.4. The second kappa shape index (κ2) is 10.9. The summed E-state index contributed by atoms with van der Waals surface area (Å²) >= 11 is 10.2. The fourth-order valence-electron chi connectivity index (χ4n) is 3.65. The molecule has 2 heterocycles. The average Bonchev–Trinajstić information content (AvgIpc) is 3.15. The Kier molecular flexibility index (Phi) is 8.51. The number of anilines is 1. The zero-order valence-corrected chi connectivity index (χ0v) is 20.6. The molecule has 1 aromatic rings. The van der Waals surface area contributed by atoms with E-state index in [1.54, 1.807) is 4.90 Å². The fraction of sp³-hybridized carbons (Fsp3) is 0.500. The van der Waals surface area contributed by atoms with Crippen LogP contribution >= 0.6 is 39.9 Å². The lowest BCUT2D eigenvalue weighted by atomic mass is 10.1. The van der Waals surface area contributed by atoms with E-state index in [2.05, 4.69) is 22.9 Å². The van der Waals surface area contributed by atoms with Crippen molar-refractivity contribution in [3.8, 4) is 0 Å². The van der Waals surface area contributed by atoms with Gasteiger partial charge in [0, 0.05) is 36.3 Å². The van der Waals surface area contributed by atoms with Crippen LogP contribution in [0, 0.1) is 0 Å². The van der Waals surface area contributed by atoms with E-state index < -0.39 is 0 Å². The Morgan fingerprint density at radius 2 is 1.80 bits per heavy atom. The van der Waals surface area contributed by atoms with Gasteiger partial charge in [-0.1, -0.05) is 66.1 Å². The van der Waals surface area contributed by atoms with Crippen LogP contribution in [0.25, 0.3) is 5.57 Å². The van der Waals surface area contributed by atoms with Crippen LogP contribution in [-0.4, -0.2) is 47.3 Å². The number of hydrogen-bond acceptors (Lipinski definition) is 5. The van der Waals surface area contributed by atoms with Gasteiger partial charge in [-0.25, -0.2) is 0 Å². The molecule has 5 nitrogen and oxygen atoms in total. The third-order valence-corrected chi connectivity index (χ3v) is 7.11. The first-order valence-corrected chi connectivity index (χ1v) is 12.5. The predicted molar refractivity (Wildman–Crippen MR) is 131 cm³/mol. The molecule has 2 amide bonds. The Morgan fingerprint density at radius 3 is 2.53 bits per heavy atom.